The Hall–Kier alpha value is -3.75. The number of amides is 3. The van der Waals surface area contributed by atoms with Crippen molar-refractivity contribution in [3.63, 3.8) is 0 Å². The van der Waals surface area contributed by atoms with Crippen molar-refractivity contribution in [2.75, 3.05) is 12.0 Å². The minimum atomic E-state index is -0.752. The van der Waals surface area contributed by atoms with E-state index in [1.54, 1.807) is 28.8 Å². The third-order valence-corrected chi connectivity index (χ3v) is 8.67. The van der Waals surface area contributed by atoms with E-state index in [-0.39, 0.29) is 23.8 Å². The van der Waals surface area contributed by atoms with Crippen LogP contribution in [0.1, 0.15) is 45.2 Å². The first kappa shape index (κ1) is 26.5. The van der Waals surface area contributed by atoms with Crippen LogP contribution in [0, 0.1) is 0 Å². The summed E-state index contributed by atoms with van der Waals surface area (Å²) in [5.41, 5.74) is 5.37. The number of aromatic nitrogens is 1. The van der Waals surface area contributed by atoms with Crippen LogP contribution in [0.5, 0.6) is 0 Å². The number of carbonyl (C=O) groups is 3. The van der Waals surface area contributed by atoms with Crippen LogP contribution >= 0.6 is 23.4 Å². The van der Waals surface area contributed by atoms with E-state index in [1.165, 1.54) is 0 Å². The van der Waals surface area contributed by atoms with Crippen molar-refractivity contribution >= 4 is 52.0 Å². The summed E-state index contributed by atoms with van der Waals surface area (Å²) in [7, 11) is 0. The number of fused-ring (bicyclic) bond motifs is 7. The molecule has 0 aliphatic carbocycles. The Morgan fingerprint density at radius 3 is 2.62 bits per heavy atom. The minimum absolute atomic E-state index is 0.169. The average molecular weight is 573 g/mol. The second-order valence-corrected chi connectivity index (χ2v) is 11.6. The van der Waals surface area contributed by atoms with Crippen LogP contribution < -0.4 is 10.6 Å². The monoisotopic (exact) mass is 572 g/mol. The number of thioether (sulfide) groups is 1. The van der Waals surface area contributed by atoms with Gasteiger partial charge in [-0.15, -0.1) is 0 Å². The predicted octanol–water partition coefficient (Wildman–Crippen LogP) is 4.85. The molecule has 0 bridgehead atoms. The molecule has 9 heteroatoms. The molecule has 204 valence electrons. The van der Waals surface area contributed by atoms with Gasteiger partial charge in [0.1, 0.15) is 12.1 Å². The number of nitrogens with zero attached hydrogens (tertiary/aromatic N) is 1. The fraction of sp³-hybridized carbons (Fsp3) is 0.258. The molecule has 0 radical (unpaired) electrons. The maximum Gasteiger partial charge on any atom is 0.255 e. The highest BCUT2D eigenvalue weighted by molar-refractivity contribution is 7.98. The third-order valence-electron chi connectivity index (χ3n) is 7.78. The SMILES string of the molecule is CSCC[C@H](NC(=O)[C@@H]1Cc2c([nH]c3ccccc23)[C@@H]2c3ccccc3C(=O)N21)C(=O)NCc1ccc(Cl)cc1. The Bertz CT molecular complexity index is 1600. The van der Waals surface area contributed by atoms with Crippen molar-refractivity contribution in [1.82, 2.24) is 20.5 Å². The van der Waals surface area contributed by atoms with Crippen LogP contribution in [0.4, 0.5) is 0 Å². The largest absolute Gasteiger partial charge is 0.356 e. The van der Waals surface area contributed by atoms with Gasteiger partial charge in [0.05, 0.1) is 6.04 Å². The molecule has 3 amide bonds. The molecule has 3 heterocycles. The summed E-state index contributed by atoms with van der Waals surface area (Å²) in [6, 6.07) is 21.0. The average Bonchev–Trinajstić information content (AvgIpc) is 3.49. The van der Waals surface area contributed by atoms with Crippen LogP contribution in [-0.2, 0) is 22.6 Å². The molecule has 7 nitrogen and oxygen atoms in total. The zero-order valence-electron chi connectivity index (χ0n) is 21.9. The minimum Gasteiger partial charge on any atom is -0.356 e. The van der Waals surface area contributed by atoms with Crippen LogP contribution in [0.25, 0.3) is 10.9 Å². The molecule has 40 heavy (non-hydrogen) atoms. The lowest BCUT2D eigenvalue weighted by atomic mass is 9.89. The van der Waals surface area contributed by atoms with Gasteiger partial charge in [-0.05, 0) is 59.4 Å². The van der Waals surface area contributed by atoms with Gasteiger partial charge in [-0.2, -0.15) is 11.8 Å². The number of carbonyl (C=O) groups excluding carboxylic acids is 3. The Morgan fingerprint density at radius 2 is 1.82 bits per heavy atom. The zero-order valence-corrected chi connectivity index (χ0v) is 23.5. The molecular formula is C31H29ClN4O3S. The molecule has 0 unspecified atom stereocenters. The van der Waals surface area contributed by atoms with Crippen molar-refractivity contribution < 1.29 is 14.4 Å². The van der Waals surface area contributed by atoms with Crippen LogP contribution in [0.15, 0.2) is 72.8 Å². The number of hydrogen-bond acceptors (Lipinski definition) is 4. The molecule has 0 saturated heterocycles. The first-order valence-corrected chi connectivity index (χ1v) is 15.1. The summed E-state index contributed by atoms with van der Waals surface area (Å²) >= 11 is 7.59. The highest BCUT2D eigenvalue weighted by Crippen LogP contribution is 2.46. The first-order valence-electron chi connectivity index (χ1n) is 13.3. The molecule has 3 N–H and O–H groups in total. The number of H-pyrrole nitrogens is 1. The highest BCUT2D eigenvalue weighted by Gasteiger charge is 2.49. The maximum absolute atomic E-state index is 14.0. The van der Waals surface area contributed by atoms with E-state index in [1.807, 2.05) is 66.9 Å². The van der Waals surface area contributed by atoms with Crippen molar-refractivity contribution in [2.45, 2.75) is 37.5 Å². The zero-order chi connectivity index (χ0) is 27.8. The molecule has 0 saturated carbocycles. The van der Waals surface area contributed by atoms with E-state index in [4.69, 9.17) is 11.6 Å². The molecule has 2 aliphatic heterocycles. The van der Waals surface area contributed by atoms with Gasteiger partial charge in [-0.3, -0.25) is 14.4 Å². The van der Waals surface area contributed by atoms with Crippen LogP contribution in [-0.4, -0.2) is 51.7 Å². The molecule has 4 aromatic rings. The summed E-state index contributed by atoms with van der Waals surface area (Å²) in [5, 5.41) is 7.63. The number of nitrogens with one attached hydrogen (secondary N) is 3. The fourth-order valence-electron chi connectivity index (χ4n) is 5.82. The molecule has 6 rings (SSSR count). The summed E-state index contributed by atoms with van der Waals surface area (Å²) < 4.78 is 0. The predicted molar refractivity (Wildman–Crippen MR) is 158 cm³/mol. The van der Waals surface area contributed by atoms with Gasteiger partial charge in [0.15, 0.2) is 0 Å². The van der Waals surface area contributed by atoms with Crippen molar-refractivity contribution in [2.24, 2.45) is 0 Å². The van der Waals surface area contributed by atoms with Gasteiger partial charge in [-0.1, -0.05) is 60.1 Å². The second kappa shape index (κ2) is 11.0. The highest BCUT2D eigenvalue weighted by atomic mass is 35.5. The van der Waals surface area contributed by atoms with E-state index in [2.05, 4.69) is 15.6 Å². The molecule has 3 aromatic carbocycles. The molecule has 0 spiro atoms. The number of benzene rings is 3. The number of para-hydroxylation sites is 1. The maximum atomic E-state index is 14.0. The third kappa shape index (κ3) is 4.75. The number of halogens is 1. The van der Waals surface area contributed by atoms with E-state index in [9.17, 15) is 14.4 Å². The van der Waals surface area contributed by atoms with Gasteiger partial charge < -0.3 is 20.5 Å². The topological polar surface area (TPSA) is 94.3 Å². The first-order chi connectivity index (χ1) is 19.5. The Morgan fingerprint density at radius 1 is 1.07 bits per heavy atom. The second-order valence-electron chi connectivity index (χ2n) is 10.2. The van der Waals surface area contributed by atoms with E-state index < -0.39 is 12.1 Å². The summed E-state index contributed by atoms with van der Waals surface area (Å²) in [6.45, 7) is 0.325. The molecule has 0 fully saturated rings. The number of hydrogen-bond donors (Lipinski definition) is 3. The molecule has 2 aliphatic rings. The summed E-state index contributed by atoms with van der Waals surface area (Å²) in [5.74, 6) is -0.0472. The van der Waals surface area contributed by atoms with Gasteiger partial charge in [0, 0.05) is 40.1 Å². The smallest absolute Gasteiger partial charge is 0.255 e. The van der Waals surface area contributed by atoms with Gasteiger partial charge in [0.25, 0.3) is 5.91 Å². The van der Waals surface area contributed by atoms with E-state index >= 15 is 0 Å². The molecular weight excluding hydrogens is 544 g/mol. The van der Waals surface area contributed by atoms with E-state index in [0.29, 0.717) is 35.7 Å². The van der Waals surface area contributed by atoms with Crippen LogP contribution in [0.2, 0.25) is 5.02 Å². The summed E-state index contributed by atoms with van der Waals surface area (Å²) in [4.78, 5) is 46.1. The fourth-order valence-corrected chi connectivity index (χ4v) is 6.42. The number of rotatable bonds is 8. The Kier molecular flexibility index (Phi) is 7.29. The Balaban J connectivity index is 1.29. The van der Waals surface area contributed by atoms with Gasteiger partial charge >= 0.3 is 0 Å². The lowest BCUT2D eigenvalue weighted by Gasteiger charge is -2.37. The lowest BCUT2D eigenvalue weighted by Crippen LogP contribution is -2.56. The van der Waals surface area contributed by atoms with Gasteiger partial charge in [0.2, 0.25) is 11.8 Å². The molecule has 3 atom stereocenters. The normalized spacial score (nSPS) is 18.1. The lowest BCUT2D eigenvalue weighted by molar-refractivity contribution is -0.132. The Labute approximate surface area is 241 Å². The van der Waals surface area contributed by atoms with Gasteiger partial charge in [-0.25, -0.2) is 0 Å². The standard InChI is InChI=1S/C31H29ClN4O3S/c1-40-15-14-25(29(37)33-17-18-10-12-19(32)13-11-18)35-30(38)26-16-23-20-6-4-5-9-24(20)34-27(23)28-21-7-2-3-8-22(21)31(39)36(26)28/h2-13,25-26,28,34H,14-17H2,1H3,(H,33,37)(H,35,38)/t25-,26-,28-/m0/s1. The van der Waals surface area contributed by atoms with Crippen molar-refractivity contribution in [3.8, 4) is 0 Å². The van der Waals surface area contributed by atoms with E-state index in [0.717, 1.165) is 33.3 Å². The van der Waals surface area contributed by atoms with Crippen LogP contribution in [0.3, 0.4) is 0 Å². The molecule has 1 aromatic heterocycles. The quantitative estimate of drug-likeness (QED) is 0.281. The number of aromatic amines is 1. The van der Waals surface area contributed by atoms with Crippen molar-refractivity contribution in [1.29, 1.82) is 0 Å². The van der Waals surface area contributed by atoms with Crippen molar-refractivity contribution in [3.05, 3.63) is 106 Å². The summed E-state index contributed by atoms with van der Waals surface area (Å²) in [6.07, 6.45) is 2.81.